The molecule has 4 atom stereocenters. The Kier molecular flexibility index (Phi) is 2.33. The van der Waals surface area contributed by atoms with E-state index in [1.807, 2.05) is 51.1 Å². The number of aryl methyl sites for hydroxylation is 2. The number of anilines is 1. The summed E-state index contributed by atoms with van der Waals surface area (Å²) in [4.78, 5) is 26.9. The van der Waals surface area contributed by atoms with Gasteiger partial charge in [-0.05, 0) is 32.4 Å². The third kappa shape index (κ3) is 1.48. The average Bonchev–Trinajstić information content (AvgIpc) is 3.01. The molecule has 21 heavy (non-hydrogen) atoms. The molecule has 2 saturated heterocycles. The van der Waals surface area contributed by atoms with E-state index in [0.717, 1.165) is 11.1 Å². The van der Waals surface area contributed by atoms with E-state index < -0.39 is 5.60 Å². The van der Waals surface area contributed by atoms with Crippen molar-refractivity contribution in [3.63, 3.8) is 0 Å². The van der Waals surface area contributed by atoms with Crippen molar-refractivity contribution in [2.45, 2.75) is 32.5 Å². The first-order valence-corrected chi connectivity index (χ1v) is 7.24. The highest BCUT2D eigenvalue weighted by molar-refractivity contribution is 6.23. The van der Waals surface area contributed by atoms with Gasteiger partial charge in [-0.25, -0.2) is 4.90 Å². The van der Waals surface area contributed by atoms with Crippen LogP contribution in [0.15, 0.2) is 30.4 Å². The number of imide groups is 1. The molecule has 0 aliphatic carbocycles. The summed E-state index contributed by atoms with van der Waals surface area (Å²) in [5, 5.41) is 0. The second-order valence-electron chi connectivity index (χ2n) is 6.43. The monoisotopic (exact) mass is 283 g/mol. The Labute approximate surface area is 123 Å². The highest BCUT2D eigenvalue weighted by Gasteiger charge is 2.66. The molecule has 2 amide bonds. The highest BCUT2D eigenvalue weighted by Crippen LogP contribution is 2.52. The predicted molar refractivity (Wildman–Crippen MR) is 77.8 cm³/mol. The summed E-state index contributed by atoms with van der Waals surface area (Å²) in [6.07, 6.45) is 3.58. The maximum Gasteiger partial charge on any atom is 0.241 e. The number of rotatable bonds is 1. The van der Waals surface area contributed by atoms with Gasteiger partial charge in [-0.3, -0.25) is 9.59 Å². The maximum absolute atomic E-state index is 12.8. The summed E-state index contributed by atoms with van der Waals surface area (Å²) < 4.78 is 5.82. The number of amides is 2. The minimum atomic E-state index is -0.630. The first-order chi connectivity index (χ1) is 9.92. The minimum absolute atomic E-state index is 0.130. The van der Waals surface area contributed by atoms with Crippen LogP contribution in [-0.4, -0.2) is 23.5 Å². The molecule has 4 heteroatoms. The van der Waals surface area contributed by atoms with Crippen molar-refractivity contribution in [3.05, 3.63) is 41.5 Å². The Morgan fingerprint density at radius 1 is 1.19 bits per heavy atom. The lowest BCUT2D eigenvalue weighted by Gasteiger charge is -2.24. The van der Waals surface area contributed by atoms with Crippen molar-refractivity contribution >= 4 is 17.5 Å². The average molecular weight is 283 g/mol. The minimum Gasteiger partial charge on any atom is -0.362 e. The summed E-state index contributed by atoms with van der Waals surface area (Å²) in [5.41, 5.74) is 2.14. The number of hydrogen-bond donors (Lipinski definition) is 0. The summed E-state index contributed by atoms with van der Waals surface area (Å²) in [5.74, 6) is -1.02. The predicted octanol–water partition coefficient (Wildman–Crippen LogP) is 2.14. The first kappa shape index (κ1) is 12.8. The van der Waals surface area contributed by atoms with Gasteiger partial charge < -0.3 is 4.74 Å². The van der Waals surface area contributed by atoms with E-state index in [0.29, 0.717) is 5.69 Å². The van der Waals surface area contributed by atoms with Crippen LogP contribution >= 0.6 is 0 Å². The quantitative estimate of drug-likeness (QED) is 0.586. The largest absolute Gasteiger partial charge is 0.362 e. The van der Waals surface area contributed by atoms with Gasteiger partial charge in [0.2, 0.25) is 11.8 Å². The number of carbonyl (C=O) groups excluding carboxylic acids is 2. The zero-order valence-electron chi connectivity index (χ0n) is 12.3. The number of ether oxygens (including phenoxy) is 1. The van der Waals surface area contributed by atoms with Crippen molar-refractivity contribution < 1.29 is 14.3 Å². The molecule has 0 aromatic heterocycles. The zero-order valence-corrected chi connectivity index (χ0v) is 12.3. The molecule has 3 aliphatic heterocycles. The van der Waals surface area contributed by atoms with Gasteiger partial charge >= 0.3 is 0 Å². The fourth-order valence-electron chi connectivity index (χ4n) is 3.95. The Bertz CT molecular complexity index is 708. The fourth-order valence-corrected chi connectivity index (χ4v) is 3.95. The molecule has 4 rings (SSSR count). The number of benzene rings is 1. The zero-order chi connectivity index (χ0) is 14.9. The van der Waals surface area contributed by atoms with E-state index in [1.165, 1.54) is 4.90 Å². The fraction of sp³-hybridized carbons (Fsp3) is 0.412. The summed E-state index contributed by atoms with van der Waals surface area (Å²) in [7, 11) is 0. The lowest BCUT2D eigenvalue weighted by molar-refractivity contribution is -0.126. The van der Waals surface area contributed by atoms with Gasteiger partial charge in [0.15, 0.2) is 0 Å². The topological polar surface area (TPSA) is 46.6 Å². The van der Waals surface area contributed by atoms with Crippen molar-refractivity contribution in [1.29, 1.82) is 0 Å². The van der Waals surface area contributed by atoms with Crippen molar-refractivity contribution in [2.75, 3.05) is 4.90 Å². The van der Waals surface area contributed by atoms with E-state index in [9.17, 15) is 9.59 Å². The number of nitrogens with zero attached hydrogens (tertiary/aromatic N) is 1. The Morgan fingerprint density at radius 3 is 2.62 bits per heavy atom. The van der Waals surface area contributed by atoms with Gasteiger partial charge in [0.25, 0.3) is 0 Å². The molecule has 0 spiro atoms. The summed E-state index contributed by atoms with van der Waals surface area (Å²) >= 11 is 0. The molecule has 1 aromatic rings. The van der Waals surface area contributed by atoms with Gasteiger partial charge in [-0.2, -0.15) is 0 Å². The van der Waals surface area contributed by atoms with Gasteiger partial charge in [-0.15, -0.1) is 0 Å². The molecule has 0 N–H and O–H groups in total. The van der Waals surface area contributed by atoms with Crippen LogP contribution < -0.4 is 4.90 Å². The van der Waals surface area contributed by atoms with Crippen LogP contribution in [0, 0.1) is 25.7 Å². The van der Waals surface area contributed by atoms with Crippen LogP contribution in [-0.2, 0) is 14.3 Å². The van der Waals surface area contributed by atoms with Gasteiger partial charge in [0, 0.05) is 0 Å². The molecule has 2 fully saturated rings. The van der Waals surface area contributed by atoms with E-state index in [4.69, 9.17) is 4.74 Å². The molecular weight excluding hydrogens is 266 g/mol. The Morgan fingerprint density at radius 2 is 1.95 bits per heavy atom. The molecule has 3 heterocycles. The van der Waals surface area contributed by atoms with E-state index in [2.05, 4.69) is 0 Å². The highest BCUT2D eigenvalue weighted by atomic mass is 16.5. The van der Waals surface area contributed by atoms with Crippen LogP contribution in [0.3, 0.4) is 0 Å². The standard InChI is InChI=1S/C17H17NO3/c1-9-4-5-11(10(2)8-9)18-15(19)13-12-6-7-17(3,21-12)14(13)16(18)20/h4-8,12-14H,1-3H3/t12-,13-,14-,17-/m1/s1. The van der Waals surface area contributed by atoms with Crippen molar-refractivity contribution in [1.82, 2.24) is 0 Å². The molecule has 108 valence electrons. The lowest BCUT2D eigenvalue weighted by Crippen LogP contribution is -2.38. The van der Waals surface area contributed by atoms with E-state index >= 15 is 0 Å². The van der Waals surface area contributed by atoms with Crippen LogP contribution in [0.2, 0.25) is 0 Å². The molecule has 0 radical (unpaired) electrons. The molecule has 4 nitrogen and oxygen atoms in total. The molecule has 0 unspecified atom stereocenters. The third-order valence-corrected chi connectivity index (χ3v) is 4.92. The smallest absolute Gasteiger partial charge is 0.241 e. The Balaban J connectivity index is 1.80. The van der Waals surface area contributed by atoms with Gasteiger partial charge in [0.1, 0.15) is 0 Å². The second-order valence-corrected chi connectivity index (χ2v) is 6.43. The molecule has 0 saturated carbocycles. The van der Waals surface area contributed by atoms with E-state index in [1.54, 1.807) is 0 Å². The Hall–Kier alpha value is -1.94. The molecule has 3 aliphatic rings. The molecule has 1 aromatic carbocycles. The van der Waals surface area contributed by atoms with Gasteiger partial charge in [-0.1, -0.05) is 29.8 Å². The number of hydrogen-bond acceptors (Lipinski definition) is 3. The van der Waals surface area contributed by atoms with E-state index in [-0.39, 0.29) is 29.8 Å². The summed E-state index contributed by atoms with van der Waals surface area (Å²) in [6, 6.07) is 5.79. The maximum atomic E-state index is 12.8. The lowest BCUT2D eigenvalue weighted by atomic mass is 9.78. The van der Waals surface area contributed by atoms with Crippen molar-refractivity contribution in [3.8, 4) is 0 Å². The van der Waals surface area contributed by atoms with Crippen LogP contribution in [0.25, 0.3) is 0 Å². The molecule has 2 bridgehead atoms. The SMILES string of the molecule is Cc1ccc(N2C(=O)[C@@H]3[C@H]4C=C[C@@](C)(O4)[C@H]3C2=O)c(C)c1. The van der Waals surface area contributed by atoms with Crippen molar-refractivity contribution in [2.24, 2.45) is 11.8 Å². The van der Waals surface area contributed by atoms with Crippen LogP contribution in [0.1, 0.15) is 18.1 Å². The molecular formula is C17H17NO3. The third-order valence-electron chi connectivity index (χ3n) is 4.92. The van der Waals surface area contributed by atoms with Crippen LogP contribution in [0.5, 0.6) is 0 Å². The number of carbonyl (C=O) groups is 2. The normalized spacial score (nSPS) is 36.7. The number of fused-ring (bicyclic) bond motifs is 5. The second kappa shape index (κ2) is 3.83. The van der Waals surface area contributed by atoms with Crippen LogP contribution in [0.4, 0.5) is 5.69 Å². The summed E-state index contributed by atoms with van der Waals surface area (Å²) in [6.45, 7) is 5.82. The van der Waals surface area contributed by atoms with Gasteiger partial charge in [0.05, 0.1) is 29.2 Å². The first-order valence-electron chi connectivity index (χ1n) is 7.24.